The molecule has 0 aliphatic heterocycles. The highest BCUT2D eigenvalue weighted by Crippen LogP contribution is 2.19. The first-order valence-electron chi connectivity index (χ1n) is 5.28. The fourth-order valence-corrected chi connectivity index (χ4v) is 2.20. The van der Waals surface area contributed by atoms with E-state index in [4.69, 9.17) is 0 Å². The zero-order chi connectivity index (χ0) is 15.4. The van der Waals surface area contributed by atoms with E-state index in [2.05, 4.69) is 25.5 Å². The Kier molecular flexibility index (Phi) is 5.42. The molecule has 1 N–H and O–H groups in total. The van der Waals surface area contributed by atoms with Crippen LogP contribution in [0.2, 0.25) is 0 Å². The first-order chi connectivity index (χ1) is 9.31. The minimum atomic E-state index is -1.54. The van der Waals surface area contributed by atoms with Crippen molar-refractivity contribution in [1.29, 1.82) is 0 Å². The summed E-state index contributed by atoms with van der Waals surface area (Å²) < 4.78 is 6.36. The molecule has 10 nitrogen and oxygen atoms in total. The molecular formula is C9H12BrN3O7. The molecule has 0 saturated carbocycles. The van der Waals surface area contributed by atoms with E-state index < -0.39 is 29.2 Å². The van der Waals surface area contributed by atoms with Gasteiger partial charge in [-0.05, 0) is 15.9 Å². The highest BCUT2D eigenvalue weighted by Gasteiger charge is 2.21. The van der Waals surface area contributed by atoms with E-state index in [9.17, 15) is 24.8 Å². The number of ether oxygens (including phenoxy) is 1. The van der Waals surface area contributed by atoms with Crippen LogP contribution in [0.15, 0.2) is 14.1 Å². The number of hydrogen-bond acceptors (Lipinski definition) is 7. The molecule has 1 atom stereocenters. The minimum Gasteiger partial charge on any atom is -0.363 e. The van der Waals surface area contributed by atoms with Crippen molar-refractivity contribution in [1.82, 2.24) is 9.13 Å². The van der Waals surface area contributed by atoms with Crippen molar-refractivity contribution in [3.8, 4) is 0 Å². The smallest absolute Gasteiger partial charge is 0.331 e. The summed E-state index contributed by atoms with van der Waals surface area (Å²) in [6.07, 6.45) is -1.54. The lowest BCUT2D eigenvalue weighted by atomic mass is 10.3. The number of halogens is 1. The van der Waals surface area contributed by atoms with Crippen LogP contribution in [0.1, 0.15) is 12.0 Å². The third kappa shape index (κ3) is 3.23. The van der Waals surface area contributed by atoms with Gasteiger partial charge in [0.2, 0.25) is 0 Å². The van der Waals surface area contributed by atoms with Gasteiger partial charge in [0.05, 0.1) is 12.2 Å². The van der Waals surface area contributed by atoms with Gasteiger partial charge in [0.15, 0.2) is 6.29 Å². The molecule has 0 bridgehead atoms. The third-order valence-electron chi connectivity index (χ3n) is 2.49. The maximum atomic E-state index is 12.0. The van der Waals surface area contributed by atoms with Gasteiger partial charge in [-0.1, -0.05) is 0 Å². The highest BCUT2D eigenvalue weighted by atomic mass is 79.9. The second-order valence-corrected chi connectivity index (χ2v) is 4.44. The first-order valence-corrected chi connectivity index (χ1v) is 6.08. The van der Waals surface area contributed by atoms with Crippen LogP contribution in [0, 0.1) is 10.1 Å². The van der Waals surface area contributed by atoms with Gasteiger partial charge in [-0.15, -0.1) is 10.1 Å². The maximum Gasteiger partial charge on any atom is 0.331 e. The van der Waals surface area contributed by atoms with E-state index in [-0.39, 0.29) is 16.7 Å². The SMILES string of the molecule is COC(O)c1c(Br)c(=O)n(C)c(=O)n1CCO[N+](=O)[O-]. The van der Waals surface area contributed by atoms with Gasteiger partial charge < -0.3 is 14.7 Å². The van der Waals surface area contributed by atoms with Gasteiger partial charge in [-0.3, -0.25) is 13.9 Å². The van der Waals surface area contributed by atoms with Crippen molar-refractivity contribution in [3.63, 3.8) is 0 Å². The van der Waals surface area contributed by atoms with Gasteiger partial charge in [0.1, 0.15) is 11.1 Å². The molecule has 20 heavy (non-hydrogen) atoms. The van der Waals surface area contributed by atoms with Crippen LogP contribution in [-0.2, 0) is 23.2 Å². The number of hydrogen-bond donors (Lipinski definition) is 1. The second-order valence-electron chi connectivity index (χ2n) is 3.64. The molecule has 0 fully saturated rings. The Labute approximate surface area is 120 Å². The fourth-order valence-electron chi connectivity index (χ4n) is 1.52. The van der Waals surface area contributed by atoms with E-state index in [0.717, 1.165) is 9.13 Å². The average molecular weight is 354 g/mol. The molecule has 0 amide bonds. The third-order valence-corrected chi connectivity index (χ3v) is 3.24. The molecule has 0 saturated heterocycles. The molecule has 0 aromatic carbocycles. The van der Waals surface area contributed by atoms with E-state index in [1.807, 2.05) is 0 Å². The van der Waals surface area contributed by atoms with E-state index in [1.165, 1.54) is 14.2 Å². The summed E-state index contributed by atoms with van der Waals surface area (Å²) in [5.41, 5.74) is -1.55. The Balaban J connectivity index is 3.35. The zero-order valence-corrected chi connectivity index (χ0v) is 12.2. The van der Waals surface area contributed by atoms with Gasteiger partial charge in [0, 0.05) is 14.2 Å². The van der Waals surface area contributed by atoms with Gasteiger partial charge >= 0.3 is 5.69 Å². The summed E-state index contributed by atoms with van der Waals surface area (Å²) in [7, 11) is 2.42. The van der Waals surface area contributed by atoms with Crippen LogP contribution in [0.25, 0.3) is 0 Å². The standard InChI is InChI=1S/C9H12BrN3O7/c1-11-7(14)5(10)6(8(15)19-2)12(9(11)16)3-4-20-13(17)18/h8,15H,3-4H2,1-2H3. The molecule has 1 heterocycles. The number of aromatic nitrogens is 2. The summed E-state index contributed by atoms with van der Waals surface area (Å²) in [5.74, 6) is 0. The lowest BCUT2D eigenvalue weighted by Gasteiger charge is -2.18. The van der Waals surface area contributed by atoms with Gasteiger partial charge in [0.25, 0.3) is 10.6 Å². The Hall–Kier alpha value is -1.72. The lowest BCUT2D eigenvalue weighted by Crippen LogP contribution is -2.42. The molecule has 1 aromatic rings. The largest absolute Gasteiger partial charge is 0.363 e. The van der Waals surface area contributed by atoms with Gasteiger partial charge in [-0.2, -0.15) is 0 Å². The van der Waals surface area contributed by atoms with Crippen molar-refractivity contribution in [2.24, 2.45) is 7.05 Å². The molecule has 1 rings (SSSR count). The first kappa shape index (κ1) is 16.3. The fraction of sp³-hybridized carbons (Fsp3) is 0.556. The molecule has 0 radical (unpaired) electrons. The van der Waals surface area contributed by atoms with Crippen molar-refractivity contribution < 1.29 is 19.8 Å². The molecule has 1 aromatic heterocycles. The molecule has 0 aliphatic carbocycles. The lowest BCUT2D eigenvalue weighted by molar-refractivity contribution is -0.758. The van der Waals surface area contributed by atoms with Crippen molar-refractivity contribution in [2.45, 2.75) is 12.8 Å². The Morgan fingerprint density at radius 1 is 1.50 bits per heavy atom. The van der Waals surface area contributed by atoms with E-state index in [1.54, 1.807) is 0 Å². The van der Waals surface area contributed by atoms with Crippen molar-refractivity contribution in [2.75, 3.05) is 13.7 Å². The number of rotatable bonds is 6. The molecule has 0 aliphatic rings. The normalized spacial score (nSPS) is 12.2. The monoisotopic (exact) mass is 353 g/mol. The van der Waals surface area contributed by atoms with Crippen LogP contribution in [0.4, 0.5) is 0 Å². The predicted octanol–water partition coefficient (Wildman–Crippen LogP) is -0.845. The van der Waals surface area contributed by atoms with E-state index in [0.29, 0.717) is 0 Å². The molecule has 112 valence electrons. The topological polar surface area (TPSA) is 126 Å². The average Bonchev–Trinajstić information content (AvgIpc) is 2.41. The van der Waals surface area contributed by atoms with E-state index >= 15 is 0 Å². The number of aliphatic hydroxyl groups excluding tert-OH is 1. The number of aliphatic hydroxyl groups is 1. The predicted molar refractivity (Wildman–Crippen MR) is 68.6 cm³/mol. The summed E-state index contributed by atoms with van der Waals surface area (Å²) >= 11 is 2.97. The maximum absolute atomic E-state index is 12.0. The Bertz CT molecular complexity index is 623. The summed E-state index contributed by atoms with van der Waals surface area (Å²) in [4.78, 5) is 37.9. The summed E-state index contributed by atoms with van der Waals surface area (Å²) in [6.45, 7) is -0.650. The van der Waals surface area contributed by atoms with Crippen LogP contribution in [0.5, 0.6) is 0 Å². The van der Waals surface area contributed by atoms with Crippen LogP contribution in [-0.4, -0.2) is 33.0 Å². The van der Waals surface area contributed by atoms with Gasteiger partial charge in [-0.25, -0.2) is 4.79 Å². The van der Waals surface area contributed by atoms with Crippen LogP contribution < -0.4 is 11.2 Å². The summed E-state index contributed by atoms with van der Waals surface area (Å²) in [5, 5.41) is 18.8. The van der Waals surface area contributed by atoms with Crippen molar-refractivity contribution >= 4 is 15.9 Å². The zero-order valence-electron chi connectivity index (χ0n) is 10.6. The Morgan fingerprint density at radius 2 is 2.10 bits per heavy atom. The summed E-state index contributed by atoms with van der Waals surface area (Å²) in [6, 6.07) is 0. The van der Waals surface area contributed by atoms with Crippen LogP contribution in [0.3, 0.4) is 0 Å². The van der Waals surface area contributed by atoms with Crippen LogP contribution >= 0.6 is 15.9 Å². The quantitative estimate of drug-likeness (QED) is 0.401. The highest BCUT2D eigenvalue weighted by molar-refractivity contribution is 9.10. The van der Waals surface area contributed by atoms with Crippen molar-refractivity contribution in [3.05, 3.63) is 41.1 Å². The second kappa shape index (κ2) is 6.63. The molecular weight excluding hydrogens is 342 g/mol. The molecule has 11 heteroatoms. The number of nitrogens with zero attached hydrogens (tertiary/aromatic N) is 3. The Morgan fingerprint density at radius 3 is 2.60 bits per heavy atom. The minimum absolute atomic E-state index is 0.0740. The molecule has 0 spiro atoms. The number of methoxy groups -OCH3 is 1. The molecule has 1 unspecified atom stereocenters.